The summed E-state index contributed by atoms with van der Waals surface area (Å²) in [5.74, 6) is -3.16. The smallest absolute Gasteiger partial charge is 0.161 e. The van der Waals surface area contributed by atoms with Crippen LogP contribution < -0.4 is 5.32 Å². The molecule has 1 aromatic rings. The third kappa shape index (κ3) is 2.14. The molecule has 1 aromatic carbocycles. The fourth-order valence-corrected chi connectivity index (χ4v) is 1.94. The van der Waals surface area contributed by atoms with E-state index in [9.17, 15) is 18.3 Å². The first-order valence-corrected chi connectivity index (χ1v) is 5.17. The van der Waals surface area contributed by atoms with Crippen LogP contribution in [0, 0.1) is 17.5 Å². The molecular weight excluding hydrogens is 219 g/mol. The van der Waals surface area contributed by atoms with Gasteiger partial charge in [-0.2, -0.15) is 0 Å². The second kappa shape index (κ2) is 4.33. The van der Waals surface area contributed by atoms with Crippen LogP contribution in [0.15, 0.2) is 12.1 Å². The minimum Gasteiger partial charge on any atom is -0.391 e. The van der Waals surface area contributed by atoms with Crippen molar-refractivity contribution in [2.45, 2.75) is 31.4 Å². The van der Waals surface area contributed by atoms with Gasteiger partial charge in [-0.15, -0.1) is 0 Å². The Morgan fingerprint density at radius 3 is 2.38 bits per heavy atom. The highest BCUT2D eigenvalue weighted by atomic mass is 19.2. The molecule has 16 heavy (non-hydrogen) atoms. The van der Waals surface area contributed by atoms with Crippen molar-refractivity contribution in [3.63, 3.8) is 0 Å². The summed E-state index contributed by atoms with van der Waals surface area (Å²) in [6.07, 6.45) is 1.61. The first kappa shape index (κ1) is 11.3. The molecule has 5 heteroatoms. The van der Waals surface area contributed by atoms with Crippen LogP contribution in [0.3, 0.4) is 0 Å². The Hall–Kier alpha value is -1.23. The zero-order valence-corrected chi connectivity index (χ0v) is 8.51. The molecule has 1 fully saturated rings. The van der Waals surface area contributed by atoms with Crippen LogP contribution in [0.2, 0.25) is 0 Å². The van der Waals surface area contributed by atoms with Gasteiger partial charge in [0, 0.05) is 12.1 Å². The maximum absolute atomic E-state index is 13.3. The van der Waals surface area contributed by atoms with Crippen LogP contribution in [-0.2, 0) is 0 Å². The van der Waals surface area contributed by atoms with Gasteiger partial charge in [0.05, 0.1) is 17.8 Å². The highest BCUT2D eigenvalue weighted by molar-refractivity contribution is 5.46. The summed E-state index contributed by atoms with van der Waals surface area (Å²) < 4.78 is 38.8. The van der Waals surface area contributed by atoms with E-state index in [4.69, 9.17) is 0 Å². The van der Waals surface area contributed by atoms with Gasteiger partial charge in [-0.05, 0) is 19.3 Å². The fourth-order valence-electron chi connectivity index (χ4n) is 1.94. The average Bonchev–Trinajstić information content (AvgIpc) is 2.61. The van der Waals surface area contributed by atoms with Crippen molar-refractivity contribution in [2.75, 3.05) is 5.32 Å². The molecule has 0 heterocycles. The molecule has 0 unspecified atom stereocenters. The molecule has 2 rings (SSSR count). The molecule has 2 nitrogen and oxygen atoms in total. The maximum Gasteiger partial charge on any atom is 0.161 e. The third-order valence-electron chi connectivity index (χ3n) is 2.83. The molecule has 1 aliphatic carbocycles. The highest BCUT2D eigenvalue weighted by Crippen LogP contribution is 2.25. The monoisotopic (exact) mass is 231 g/mol. The lowest BCUT2D eigenvalue weighted by molar-refractivity contribution is 0.171. The number of hydrogen-bond acceptors (Lipinski definition) is 2. The summed E-state index contributed by atoms with van der Waals surface area (Å²) in [6, 6.07) is 0.980. The van der Waals surface area contributed by atoms with E-state index in [2.05, 4.69) is 5.32 Å². The quantitative estimate of drug-likeness (QED) is 0.766. The lowest BCUT2D eigenvalue weighted by Gasteiger charge is -2.18. The van der Waals surface area contributed by atoms with Crippen molar-refractivity contribution in [3.8, 4) is 0 Å². The van der Waals surface area contributed by atoms with E-state index >= 15 is 0 Å². The molecular formula is C11H12F3NO. The Morgan fingerprint density at radius 1 is 1.06 bits per heavy atom. The van der Waals surface area contributed by atoms with Gasteiger partial charge < -0.3 is 10.4 Å². The van der Waals surface area contributed by atoms with Crippen molar-refractivity contribution >= 4 is 5.69 Å². The van der Waals surface area contributed by atoms with Gasteiger partial charge in [0.1, 0.15) is 5.82 Å². The summed E-state index contributed by atoms with van der Waals surface area (Å²) in [4.78, 5) is 0. The van der Waals surface area contributed by atoms with Gasteiger partial charge in [-0.25, -0.2) is 13.2 Å². The molecule has 2 N–H and O–H groups in total. The van der Waals surface area contributed by atoms with Crippen molar-refractivity contribution in [1.82, 2.24) is 0 Å². The predicted molar refractivity (Wildman–Crippen MR) is 53.6 cm³/mol. The molecule has 0 spiro atoms. The Kier molecular flexibility index (Phi) is 3.05. The lowest BCUT2D eigenvalue weighted by Crippen LogP contribution is -2.28. The second-order valence-corrected chi connectivity index (χ2v) is 4.00. The van der Waals surface area contributed by atoms with E-state index < -0.39 is 23.6 Å². The number of hydrogen-bond donors (Lipinski definition) is 2. The molecule has 1 saturated carbocycles. The number of aliphatic hydroxyl groups is 1. The largest absolute Gasteiger partial charge is 0.391 e. The minimum absolute atomic E-state index is 0.107. The van der Waals surface area contributed by atoms with Gasteiger partial charge >= 0.3 is 0 Å². The standard InChI is InChI=1S/C11H12F3NO/c12-6-4-8(14)10(5-7(6)13)15-9-2-1-3-11(9)16/h4-5,9,11,15-16H,1-3H2/t9-,11-/m1/s1. The van der Waals surface area contributed by atoms with E-state index in [0.717, 1.165) is 12.5 Å². The van der Waals surface area contributed by atoms with E-state index in [1.54, 1.807) is 0 Å². The van der Waals surface area contributed by atoms with Crippen molar-refractivity contribution in [2.24, 2.45) is 0 Å². The predicted octanol–water partition coefficient (Wildman–Crippen LogP) is 2.43. The maximum atomic E-state index is 13.3. The molecule has 0 radical (unpaired) electrons. The zero-order valence-electron chi connectivity index (χ0n) is 8.51. The number of rotatable bonds is 2. The van der Waals surface area contributed by atoms with Crippen LogP contribution in [0.4, 0.5) is 18.9 Å². The zero-order chi connectivity index (χ0) is 11.7. The molecule has 0 aromatic heterocycles. The van der Waals surface area contributed by atoms with E-state index in [0.29, 0.717) is 18.9 Å². The summed E-state index contributed by atoms with van der Waals surface area (Å²) in [7, 11) is 0. The van der Waals surface area contributed by atoms with Crippen LogP contribution >= 0.6 is 0 Å². The van der Waals surface area contributed by atoms with Gasteiger partial charge in [-0.1, -0.05) is 0 Å². The summed E-state index contributed by atoms with van der Waals surface area (Å²) in [5, 5.41) is 12.2. The average molecular weight is 231 g/mol. The third-order valence-corrected chi connectivity index (χ3v) is 2.83. The number of benzene rings is 1. The summed E-state index contributed by atoms with van der Waals surface area (Å²) in [5.41, 5.74) is -0.107. The van der Waals surface area contributed by atoms with Crippen LogP contribution in [0.5, 0.6) is 0 Å². The Balaban J connectivity index is 2.18. The van der Waals surface area contributed by atoms with Gasteiger partial charge in [0.15, 0.2) is 11.6 Å². The first-order chi connectivity index (χ1) is 7.58. The van der Waals surface area contributed by atoms with Crippen LogP contribution in [-0.4, -0.2) is 17.3 Å². The molecule has 0 aliphatic heterocycles. The van der Waals surface area contributed by atoms with E-state index in [1.165, 1.54) is 0 Å². The van der Waals surface area contributed by atoms with Crippen LogP contribution in [0.25, 0.3) is 0 Å². The van der Waals surface area contributed by atoms with Gasteiger partial charge in [0.2, 0.25) is 0 Å². The summed E-state index contributed by atoms with van der Waals surface area (Å²) >= 11 is 0. The SMILES string of the molecule is O[C@@H]1CCC[C@H]1Nc1cc(F)c(F)cc1F. The molecule has 1 aliphatic rings. The number of halogens is 3. The number of aliphatic hydroxyl groups excluding tert-OH is 1. The number of anilines is 1. The molecule has 0 saturated heterocycles. The molecule has 0 bridgehead atoms. The fraction of sp³-hybridized carbons (Fsp3) is 0.455. The van der Waals surface area contributed by atoms with Crippen molar-refractivity contribution in [3.05, 3.63) is 29.6 Å². The Morgan fingerprint density at radius 2 is 1.75 bits per heavy atom. The molecule has 88 valence electrons. The number of nitrogens with one attached hydrogen (secondary N) is 1. The van der Waals surface area contributed by atoms with E-state index in [-0.39, 0.29) is 11.7 Å². The minimum atomic E-state index is -1.21. The lowest BCUT2D eigenvalue weighted by atomic mass is 10.2. The topological polar surface area (TPSA) is 32.3 Å². The van der Waals surface area contributed by atoms with Crippen molar-refractivity contribution in [1.29, 1.82) is 0 Å². The van der Waals surface area contributed by atoms with E-state index in [1.807, 2.05) is 0 Å². The second-order valence-electron chi connectivity index (χ2n) is 4.00. The Bertz CT molecular complexity index is 397. The summed E-state index contributed by atoms with van der Waals surface area (Å²) in [6.45, 7) is 0. The van der Waals surface area contributed by atoms with Gasteiger partial charge in [0.25, 0.3) is 0 Å². The highest BCUT2D eigenvalue weighted by Gasteiger charge is 2.26. The molecule has 0 amide bonds. The van der Waals surface area contributed by atoms with Crippen LogP contribution in [0.1, 0.15) is 19.3 Å². The van der Waals surface area contributed by atoms with Gasteiger partial charge in [-0.3, -0.25) is 0 Å². The first-order valence-electron chi connectivity index (χ1n) is 5.17. The molecule has 2 atom stereocenters. The van der Waals surface area contributed by atoms with Crippen molar-refractivity contribution < 1.29 is 18.3 Å². The normalized spacial score (nSPS) is 24.8. The Labute approximate surface area is 91.1 Å².